The summed E-state index contributed by atoms with van der Waals surface area (Å²) in [6.45, 7) is 2.85. The fourth-order valence-electron chi connectivity index (χ4n) is 1.96. The van der Waals surface area contributed by atoms with Gasteiger partial charge in [-0.3, -0.25) is 0 Å². The Labute approximate surface area is 90.5 Å². The van der Waals surface area contributed by atoms with Crippen LogP contribution in [0.25, 0.3) is 0 Å². The fourth-order valence-corrected chi connectivity index (χ4v) is 1.96. The lowest BCUT2D eigenvalue weighted by molar-refractivity contribution is 0.0196. The molecule has 0 saturated carbocycles. The largest absolute Gasteiger partial charge is 0.497 e. The number of benzene rings is 1. The Morgan fingerprint density at radius 1 is 1.33 bits per heavy atom. The molecule has 1 aliphatic heterocycles. The lowest BCUT2D eigenvalue weighted by atomic mass is 9.91. The monoisotopic (exact) mass is 204 g/mol. The molecule has 80 valence electrons. The van der Waals surface area contributed by atoms with Crippen LogP contribution in [0.15, 0.2) is 36.4 Å². The maximum atomic E-state index is 5.80. The standard InChI is InChI=1S/C13H16O2/c1-3-13(9-4-10-15-13)11-5-7-12(14-2)8-6-11/h4-9H,3,10H2,1-2H3/t13-/m1/s1. The zero-order valence-corrected chi connectivity index (χ0v) is 9.19. The molecule has 1 aromatic carbocycles. The molecule has 0 N–H and O–H groups in total. The number of hydrogen-bond acceptors (Lipinski definition) is 2. The van der Waals surface area contributed by atoms with Crippen LogP contribution in [0.2, 0.25) is 0 Å². The van der Waals surface area contributed by atoms with E-state index in [4.69, 9.17) is 9.47 Å². The summed E-state index contributed by atoms with van der Waals surface area (Å²) in [5.74, 6) is 0.881. The summed E-state index contributed by atoms with van der Waals surface area (Å²) < 4.78 is 10.9. The molecule has 0 aromatic heterocycles. The van der Waals surface area contributed by atoms with Gasteiger partial charge >= 0.3 is 0 Å². The SMILES string of the molecule is CC[C@]1(c2ccc(OC)cc2)C=CCO1. The van der Waals surface area contributed by atoms with Crippen molar-refractivity contribution in [2.75, 3.05) is 13.7 Å². The highest BCUT2D eigenvalue weighted by Crippen LogP contribution is 2.35. The number of ether oxygens (including phenoxy) is 2. The quantitative estimate of drug-likeness (QED) is 0.705. The van der Waals surface area contributed by atoms with Crippen molar-refractivity contribution in [1.82, 2.24) is 0 Å². The van der Waals surface area contributed by atoms with Gasteiger partial charge in [0.05, 0.1) is 13.7 Å². The number of methoxy groups -OCH3 is 1. The van der Waals surface area contributed by atoms with E-state index in [1.165, 1.54) is 5.56 Å². The Balaban J connectivity index is 2.31. The van der Waals surface area contributed by atoms with Crippen molar-refractivity contribution in [3.8, 4) is 5.75 Å². The first-order valence-electron chi connectivity index (χ1n) is 5.27. The van der Waals surface area contributed by atoms with E-state index in [1.807, 2.05) is 12.1 Å². The minimum Gasteiger partial charge on any atom is -0.497 e. The van der Waals surface area contributed by atoms with Crippen LogP contribution in [0.4, 0.5) is 0 Å². The fraction of sp³-hybridized carbons (Fsp3) is 0.385. The molecule has 15 heavy (non-hydrogen) atoms. The molecule has 1 aromatic rings. The first-order chi connectivity index (χ1) is 7.30. The van der Waals surface area contributed by atoms with Crippen LogP contribution in [-0.4, -0.2) is 13.7 Å². The van der Waals surface area contributed by atoms with Gasteiger partial charge in [-0.1, -0.05) is 31.2 Å². The molecule has 2 rings (SSSR count). The van der Waals surface area contributed by atoms with Gasteiger partial charge in [-0.05, 0) is 24.1 Å². The van der Waals surface area contributed by atoms with Crippen molar-refractivity contribution in [2.45, 2.75) is 18.9 Å². The second-order valence-electron chi connectivity index (χ2n) is 3.68. The highest BCUT2D eigenvalue weighted by Gasteiger charge is 2.30. The second kappa shape index (κ2) is 4.07. The van der Waals surface area contributed by atoms with Crippen molar-refractivity contribution in [2.24, 2.45) is 0 Å². The molecular formula is C13H16O2. The molecule has 1 heterocycles. The summed E-state index contributed by atoms with van der Waals surface area (Å²) in [6, 6.07) is 8.08. The van der Waals surface area contributed by atoms with Crippen molar-refractivity contribution in [3.63, 3.8) is 0 Å². The second-order valence-corrected chi connectivity index (χ2v) is 3.68. The van der Waals surface area contributed by atoms with E-state index in [2.05, 4.69) is 31.2 Å². The zero-order chi connectivity index (χ0) is 10.7. The molecular weight excluding hydrogens is 188 g/mol. The summed E-state index contributed by atoms with van der Waals surface area (Å²) in [7, 11) is 1.68. The topological polar surface area (TPSA) is 18.5 Å². The average molecular weight is 204 g/mol. The summed E-state index contributed by atoms with van der Waals surface area (Å²) in [4.78, 5) is 0. The molecule has 0 fully saturated rings. The van der Waals surface area contributed by atoms with Crippen molar-refractivity contribution in [1.29, 1.82) is 0 Å². The summed E-state index contributed by atoms with van der Waals surface area (Å²) in [5.41, 5.74) is 0.978. The third kappa shape index (κ3) is 1.77. The Morgan fingerprint density at radius 3 is 2.53 bits per heavy atom. The number of hydrogen-bond donors (Lipinski definition) is 0. The molecule has 1 aliphatic rings. The Kier molecular flexibility index (Phi) is 2.78. The van der Waals surface area contributed by atoms with Gasteiger partial charge in [0.1, 0.15) is 11.4 Å². The van der Waals surface area contributed by atoms with Crippen LogP contribution in [0.1, 0.15) is 18.9 Å². The Hall–Kier alpha value is -1.28. The molecule has 0 bridgehead atoms. The third-order valence-corrected chi connectivity index (χ3v) is 2.93. The molecule has 2 heteroatoms. The van der Waals surface area contributed by atoms with Gasteiger partial charge in [-0.2, -0.15) is 0 Å². The molecule has 1 atom stereocenters. The first kappa shape index (κ1) is 10.2. The van der Waals surface area contributed by atoms with Crippen LogP contribution in [0, 0.1) is 0 Å². The van der Waals surface area contributed by atoms with Crippen molar-refractivity contribution >= 4 is 0 Å². The lowest BCUT2D eigenvalue weighted by Gasteiger charge is -2.26. The van der Waals surface area contributed by atoms with Gasteiger partial charge in [0.25, 0.3) is 0 Å². The summed E-state index contributed by atoms with van der Waals surface area (Å²) >= 11 is 0. The van der Waals surface area contributed by atoms with E-state index >= 15 is 0 Å². The van der Waals surface area contributed by atoms with Gasteiger partial charge in [0, 0.05) is 0 Å². The van der Waals surface area contributed by atoms with Crippen LogP contribution >= 0.6 is 0 Å². The van der Waals surface area contributed by atoms with Crippen molar-refractivity contribution in [3.05, 3.63) is 42.0 Å². The lowest BCUT2D eigenvalue weighted by Crippen LogP contribution is -2.22. The molecule has 0 radical (unpaired) electrons. The smallest absolute Gasteiger partial charge is 0.118 e. The van der Waals surface area contributed by atoms with Crippen LogP contribution in [0.5, 0.6) is 5.75 Å². The molecule has 0 aliphatic carbocycles. The van der Waals surface area contributed by atoms with Gasteiger partial charge in [-0.15, -0.1) is 0 Å². The van der Waals surface area contributed by atoms with Gasteiger partial charge in [-0.25, -0.2) is 0 Å². The van der Waals surface area contributed by atoms with Gasteiger partial charge in [0.2, 0.25) is 0 Å². The van der Waals surface area contributed by atoms with E-state index in [0.29, 0.717) is 6.61 Å². The predicted molar refractivity (Wildman–Crippen MR) is 60.1 cm³/mol. The average Bonchev–Trinajstić information content (AvgIpc) is 2.79. The normalized spacial score (nSPS) is 24.4. The van der Waals surface area contributed by atoms with Crippen LogP contribution < -0.4 is 4.74 Å². The van der Waals surface area contributed by atoms with Gasteiger partial charge in [0.15, 0.2) is 0 Å². The molecule has 0 spiro atoms. The van der Waals surface area contributed by atoms with Gasteiger partial charge < -0.3 is 9.47 Å². The van der Waals surface area contributed by atoms with E-state index in [1.54, 1.807) is 7.11 Å². The minimum absolute atomic E-state index is 0.216. The third-order valence-electron chi connectivity index (χ3n) is 2.93. The molecule has 2 nitrogen and oxygen atoms in total. The number of rotatable bonds is 3. The zero-order valence-electron chi connectivity index (χ0n) is 9.19. The van der Waals surface area contributed by atoms with E-state index in [-0.39, 0.29) is 5.60 Å². The highest BCUT2D eigenvalue weighted by molar-refractivity contribution is 5.34. The first-order valence-corrected chi connectivity index (χ1v) is 5.27. The van der Waals surface area contributed by atoms with E-state index in [9.17, 15) is 0 Å². The van der Waals surface area contributed by atoms with Crippen molar-refractivity contribution < 1.29 is 9.47 Å². The van der Waals surface area contributed by atoms with Crippen LogP contribution in [-0.2, 0) is 10.3 Å². The Morgan fingerprint density at radius 2 is 2.07 bits per heavy atom. The maximum Gasteiger partial charge on any atom is 0.118 e. The Bertz CT molecular complexity index is 353. The predicted octanol–water partition coefficient (Wildman–Crippen LogP) is 2.89. The highest BCUT2D eigenvalue weighted by atomic mass is 16.5. The van der Waals surface area contributed by atoms with E-state index < -0.39 is 0 Å². The van der Waals surface area contributed by atoms with E-state index in [0.717, 1.165) is 12.2 Å². The molecule has 0 saturated heterocycles. The minimum atomic E-state index is -0.216. The van der Waals surface area contributed by atoms with Crippen LogP contribution in [0.3, 0.4) is 0 Å². The molecule has 0 unspecified atom stereocenters. The maximum absolute atomic E-state index is 5.80. The summed E-state index contributed by atoms with van der Waals surface area (Å²) in [6.07, 6.45) is 5.18. The summed E-state index contributed by atoms with van der Waals surface area (Å²) in [5, 5.41) is 0. The molecule has 0 amide bonds.